The molecule has 3 N–H and O–H groups in total. The first-order chi connectivity index (χ1) is 10.6. The summed E-state index contributed by atoms with van der Waals surface area (Å²) in [5.74, 6) is -1.31. The topological polar surface area (TPSA) is 86.6 Å². The zero-order valence-electron chi connectivity index (χ0n) is 13.6. The molecule has 0 aromatic heterocycles. The Morgan fingerprint density at radius 1 is 1.00 bits per heavy atom. The molecule has 0 aliphatic rings. The minimum absolute atomic E-state index is 0.137. The van der Waals surface area contributed by atoms with Gasteiger partial charge in [-0.1, -0.05) is 38.2 Å². The molecular weight excluding hydrogens is 282 g/mol. The maximum atomic E-state index is 12.2. The molecule has 1 unspecified atom stereocenters. The van der Waals surface area contributed by atoms with Crippen LogP contribution >= 0.6 is 0 Å². The number of nitrogens with one attached hydrogen (secondary N) is 1. The van der Waals surface area contributed by atoms with Crippen molar-refractivity contribution in [3.63, 3.8) is 0 Å². The average Bonchev–Trinajstić information content (AvgIpc) is 2.52. The largest absolute Gasteiger partial charge is 0.394 e. The molecule has 0 heterocycles. The fourth-order valence-corrected chi connectivity index (χ4v) is 1.94. The molecule has 0 aliphatic heterocycles. The van der Waals surface area contributed by atoms with Gasteiger partial charge in [0.15, 0.2) is 0 Å². The fraction of sp³-hybridized carbons (Fsp3) is 0.647. The number of allylic oxidation sites excluding steroid dienone is 4. The summed E-state index contributed by atoms with van der Waals surface area (Å²) in [5, 5.41) is 20.6. The number of amides is 1. The van der Waals surface area contributed by atoms with Crippen molar-refractivity contribution in [1.82, 2.24) is 5.32 Å². The second-order valence-electron chi connectivity index (χ2n) is 5.13. The number of carbonyl (C=O) groups excluding carboxylic acids is 2. The molecule has 0 bridgehead atoms. The van der Waals surface area contributed by atoms with Gasteiger partial charge in [0.05, 0.1) is 25.2 Å². The molecule has 0 saturated carbocycles. The Balaban J connectivity index is 4.74. The Hall–Kier alpha value is -1.46. The van der Waals surface area contributed by atoms with E-state index >= 15 is 0 Å². The molecule has 0 aliphatic carbocycles. The first-order valence-electron chi connectivity index (χ1n) is 7.95. The number of rotatable bonds is 12. The molecule has 0 rings (SSSR count). The fourth-order valence-electron chi connectivity index (χ4n) is 1.94. The van der Waals surface area contributed by atoms with E-state index in [0.717, 1.165) is 12.8 Å². The van der Waals surface area contributed by atoms with Crippen LogP contribution in [0.3, 0.4) is 0 Å². The van der Waals surface area contributed by atoms with Crippen molar-refractivity contribution < 1.29 is 19.8 Å². The van der Waals surface area contributed by atoms with Gasteiger partial charge in [0.2, 0.25) is 5.91 Å². The van der Waals surface area contributed by atoms with Crippen LogP contribution in [0.1, 0.15) is 46.0 Å². The van der Waals surface area contributed by atoms with Gasteiger partial charge in [-0.25, -0.2) is 0 Å². The third-order valence-electron chi connectivity index (χ3n) is 3.24. The zero-order chi connectivity index (χ0) is 16.8. The lowest BCUT2D eigenvalue weighted by Crippen LogP contribution is -2.45. The smallest absolute Gasteiger partial charge is 0.230 e. The summed E-state index contributed by atoms with van der Waals surface area (Å²) in [6.07, 6.45) is 10.7. The van der Waals surface area contributed by atoms with Gasteiger partial charge in [-0.3, -0.25) is 9.59 Å². The van der Waals surface area contributed by atoms with E-state index in [2.05, 4.69) is 5.32 Å². The van der Waals surface area contributed by atoms with Crippen molar-refractivity contribution >= 4 is 11.7 Å². The van der Waals surface area contributed by atoms with Crippen molar-refractivity contribution in [1.29, 1.82) is 0 Å². The Morgan fingerprint density at radius 2 is 1.59 bits per heavy atom. The molecule has 0 aromatic carbocycles. The van der Waals surface area contributed by atoms with Gasteiger partial charge in [-0.2, -0.15) is 0 Å². The van der Waals surface area contributed by atoms with Gasteiger partial charge in [-0.15, -0.1) is 0 Å². The van der Waals surface area contributed by atoms with E-state index in [1.807, 2.05) is 32.1 Å². The van der Waals surface area contributed by atoms with Gasteiger partial charge in [-0.05, 0) is 25.7 Å². The van der Waals surface area contributed by atoms with Crippen LogP contribution in [0.25, 0.3) is 0 Å². The van der Waals surface area contributed by atoms with E-state index in [4.69, 9.17) is 10.2 Å². The molecule has 1 amide bonds. The second-order valence-corrected chi connectivity index (χ2v) is 5.13. The quantitative estimate of drug-likeness (QED) is 0.378. The van der Waals surface area contributed by atoms with E-state index in [1.54, 1.807) is 6.08 Å². The van der Waals surface area contributed by atoms with Gasteiger partial charge < -0.3 is 15.5 Å². The number of aliphatic hydroxyl groups is 2. The van der Waals surface area contributed by atoms with E-state index in [1.165, 1.54) is 0 Å². The molecule has 5 nitrogen and oxygen atoms in total. The Morgan fingerprint density at radius 3 is 2.14 bits per heavy atom. The number of hydrogen-bond acceptors (Lipinski definition) is 4. The molecule has 0 aromatic rings. The Labute approximate surface area is 133 Å². The normalized spacial score (nSPS) is 13.1. The lowest BCUT2D eigenvalue weighted by Gasteiger charge is -2.19. The first-order valence-corrected chi connectivity index (χ1v) is 7.95. The highest BCUT2D eigenvalue weighted by atomic mass is 16.3. The summed E-state index contributed by atoms with van der Waals surface area (Å²) in [6.45, 7) is 3.30. The molecule has 126 valence electrons. The van der Waals surface area contributed by atoms with Gasteiger partial charge in [0.25, 0.3) is 0 Å². The third kappa shape index (κ3) is 8.74. The van der Waals surface area contributed by atoms with Crippen LogP contribution in [0.5, 0.6) is 0 Å². The molecule has 0 spiro atoms. The molecule has 22 heavy (non-hydrogen) atoms. The second kappa shape index (κ2) is 13.2. The summed E-state index contributed by atoms with van der Waals surface area (Å²) >= 11 is 0. The van der Waals surface area contributed by atoms with E-state index in [-0.39, 0.29) is 25.4 Å². The summed E-state index contributed by atoms with van der Waals surface area (Å²) in [7, 11) is 0. The maximum Gasteiger partial charge on any atom is 0.230 e. The van der Waals surface area contributed by atoms with Crippen molar-refractivity contribution in [2.45, 2.75) is 52.0 Å². The summed E-state index contributed by atoms with van der Waals surface area (Å²) in [5.41, 5.74) is 0. The van der Waals surface area contributed by atoms with Crippen LogP contribution in [-0.4, -0.2) is 41.2 Å². The molecule has 0 fully saturated rings. The van der Waals surface area contributed by atoms with Crippen molar-refractivity contribution in [2.75, 3.05) is 13.2 Å². The summed E-state index contributed by atoms with van der Waals surface area (Å²) in [6, 6.07) is -0.722. The first kappa shape index (κ1) is 20.5. The van der Waals surface area contributed by atoms with E-state index < -0.39 is 17.9 Å². The number of Topliss-reactive ketones (excluding diaryl/α,β-unsaturated/α-hetero) is 1. The minimum atomic E-state index is -0.747. The predicted molar refractivity (Wildman–Crippen MR) is 87.3 cm³/mol. The molecule has 1 atom stereocenters. The van der Waals surface area contributed by atoms with Crippen LogP contribution in [0.15, 0.2) is 24.3 Å². The van der Waals surface area contributed by atoms with E-state index in [9.17, 15) is 9.59 Å². The molecule has 0 saturated heterocycles. The average molecular weight is 311 g/mol. The van der Waals surface area contributed by atoms with E-state index in [0.29, 0.717) is 12.8 Å². The van der Waals surface area contributed by atoms with Gasteiger partial charge in [0.1, 0.15) is 5.78 Å². The van der Waals surface area contributed by atoms with Crippen LogP contribution in [0.4, 0.5) is 0 Å². The number of hydrogen-bond donors (Lipinski definition) is 3. The lowest BCUT2D eigenvalue weighted by atomic mass is 9.94. The molecule has 0 radical (unpaired) electrons. The van der Waals surface area contributed by atoms with Crippen LogP contribution in [0, 0.1) is 5.92 Å². The molecular formula is C17H29NO4. The van der Waals surface area contributed by atoms with Crippen molar-refractivity contribution in [3.05, 3.63) is 24.3 Å². The number of carbonyl (C=O) groups is 2. The number of ketones is 1. The van der Waals surface area contributed by atoms with Gasteiger partial charge in [0, 0.05) is 6.42 Å². The molecule has 5 heteroatoms. The standard InChI is InChI=1S/C17H29NO4/c1-3-5-7-9-10-15(16(21)11-8-6-4-2)17(22)18-14(12-19)13-20/h5-8,14-15,19-20H,3-4,9-13H2,1-2H3,(H,18,22)/b7-5-,8-6-. The Kier molecular flexibility index (Phi) is 12.3. The third-order valence-corrected chi connectivity index (χ3v) is 3.24. The number of aliphatic hydroxyl groups excluding tert-OH is 2. The maximum absolute atomic E-state index is 12.2. The van der Waals surface area contributed by atoms with Crippen LogP contribution in [-0.2, 0) is 9.59 Å². The van der Waals surface area contributed by atoms with Crippen molar-refractivity contribution in [2.24, 2.45) is 5.92 Å². The summed E-state index contributed by atoms with van der Waals surface area (Å²) < 4.78 is 0. The van der Waals surface area contributed by atoms with Crippen LogP contribution < -0.4 is 5.32 Å². The summed E-state index contributed by atoms with van der Waals surface area (Å²) in [4.78, 5) is 24.4. The van der Waals surface area contributed by atoms with Crippen LogP contribution in [0.2, 0.25) is 0 Å². The zero-order valence-corrected chi connectivity index (χ0v) is 13.6. The Bertz CT molecular complexity index is 373. The highest BCUT2D eigenvalue weighted by molar-refractivity contribution is 6.01. The highest BCUT2D eigenvalue weighted by Gasteiger charge is 2.26. The predicted octanol–water partition coefficient (Wildman–Crippen LogP) is 1.74. The van der Waals surface area contributed by atoms with Crippen molar-refractivity contribution in [3.8, 4) is 0 Å². The monoisotopic (exact) mass is 311 g/mol. The highest BCUT2D eigenvalue weighted by Crippen LogP contribution is 2.13. The lowest BCUT2D eigenvalue weighted by molar-refractivity contribution is -0.134. The minimum Gasteiger partial charge on any atom is -0.394 e. The SMILES string of the molecule is CC/C=C\CCC(C(=O)C/C=C\CC)C(=O)NC(CO)CO. The van der Waals surface area contributed by atoms with Gasteiger partial charge >= 0.3 is 0 Å².